The molecule has 2 heterocycles. The molecule has 186 valence electrons. The van der Waals surface area contributed by atoms with Gasteiger partial charge in [0.2, 0.25) is 5.91 Å². The first-order chi connectivity index (χ1) is 17.1. The number of nitrogens with one attached hydrogen (secondary N) is 1. The molecule has 36 heavy (non-hydrogen) atoms. The number of carbonyl (C=O) groups excluding carboxylic acids is 2. The average Bonchev–Trinajstić information content (AvgIpc) is 3.60. The number of aromatic nitrogens is 1. The van der Waals surface area contributed by atoms with Crippen molar-refractivity contribution in [3.8, 4) is 22.8 Å². The van der Waals surface area contributed by atoms with Crippen LogP contribution in [0.15, 0.2) is 54.6 Å². The molecule has 11 heteroatoms. The molecule has 1 saturated carbocycles. The van der Waals surface area contributed by atoms with Gasteiger partial charge in [-0.05, 0) is 54.8 Å². The molecule has 0 saturated heterocycles. The Kier molecular flexibility index (Phi) is 5.35. The molecule has 2 aliphatic rings. The van der Waals surface area contributed by atoms with Crippen molar-refractivity contribution in [3.63, 3.8) is 0 Å². The van der Waals surface area contributed by atoms with E-state index in [-0.39, 0.29) is 35.6 Å². The van der Waals surface area contributed by atoms with Gasteiger partial charge in [0.15, 0.2) is 11.5 Å². The Hall–Kier alpha value is -4.54. The van der Waals surface area contributed by atoms with Gasteiger partial charge in [-0.25, -0.2) is 14.6 Å². The van der Waals surface area contributed by atoms with Gasteiger partial charge < -0.3 is 24.6 Å². The van der Waals surface area contributed by atoms with Gasteiger partial charge in [-0.1, -0.05) is 18.2 Å². The summed E-state index contributed by atoms with van der Waals surface area (Å²) in [6.07, 6.45) is -2.81. The molecular weight excluding hydrogens is 478 g/mol. The van der Waals surface area contributed by atoms with Gasteiger partial charge in [0.1, 0.15) is 5.82 Å². The molecule has 2 N–H and O–H groups in total. The van der Waals surface area contributed by atoms with E-state index >= 15 is 0 Å². The second-order valence-corrected chi connectivity index (χ2v) is 8.34. The van der Waals surface area contributed by atoms with E-state index < -0.39 is 29.6 Å². The standard InChI is InChI=1S/C25H18F2N2O7.H2/c1-34-22(32)16-6-8-19(28-20(16)13-3-2-4-14(11-13)21(30)31)29-23(33)24(9-10-24)15-5-7-17-18(12-15)36-25(26,27)35-17;/h2-8,11-12H,9-10H2,1H3,(H,30,31)(H,28,29,33);1H. The predicted octanol–water partition coefficient (Wildman–Crippen LogP) is 4.47. The van der Waals surface area contributed by atoms with E-state index in [2.05, 4.69) is 19.8 Å². The molecule has 1 amide bonds. The van der Waals surface area contributed by atoms with Crippen molar-refractivity contribution in [1.29, 1.82) is 0 Å². The van der Waals surface area contributed by atoms with Crippen LogP contribution >= 0.6 is 0 Å². The van der Waals surface area contributed by atoms with Crippen molar-refractivity contribution >= 4 is 23.7 Å². The van der Waals surface area contributed by atoms with Gasteiger partial charge in [0, 0.05) is 6.99 Å². The lowest BCUT2D eigenvalue weighted by Crippen LogP contribution is -2.28. The van der Waals surface area contributed by atoms with E-state index in [0.29, 0.717) is 24.0 Å². The molecule has 0 bridgehead atoms. The largest absolute Gasteiger partial charge is 0.586 e. The summed E-state index contributed by atoms with van der Waals surface area (Å²) >= 11 is 0. The molecule has 0 atom stereocenters. The Morgan fingerprint density at radius 2 is 1.81 bits per heavy atom. The number of anilines is 1. The average molecular weight is 498 g/mol. The molecule has 5 rings (SSSR count). The second kappa shape index (κ2) is 8.29. The molecule has 1 aliphatic heterocycles. The number of carboxylic acids is 1. The van der Waals surface area contributed by atoms with Crippen molar-refractivity contribution in [2.45, 2.75) is 24.6 Å². The maximum Gasteiger partial charge on any atom is 0.586 e. The molecule has 1 aromatic heterocycles. The number of aromatic carboxylic acids is 1. The smallest absolute Gasteiger partial charge is 0.478 e. The molecule has 2 aromatic carbocycles. The Bertz CT molecular complexity index is 1430. The SMILES string of the molecule is COC(=O)c1ccc(NC(=O)C2(c3ccc4c(c3)OC(F)(F)O4)CC2)nc1-c1cccc(C(=O)O)c1.[HH]. The normalized spacial score (nSPS) is 16.2. The van der Waals surface area contributed by atoms with Crippen LogP contribution in [0.4, 0.5) is 14.6 Å². The summed E-state index contributed by atoms with van der Waals surface area (Å²) in [6, 6.07) is 12.9. The zero-order valence-electron chi connectivity index (χ0n) is 18.7. The Morgan fingerprint density at radius 3 is 2.50 bits per heavy atom. The van der Waals surface area contributed by atoms with E-state index in [9.17, 15) is 28.3 Å². The van der Waals surface area contributed by atoms with Crippen LogP contribution in [0.1, 0.15) is 40.5 Å². The number of hydrogen-bond acceptors (Lipinski definition) is 7. The third-order valence-electron chi connectivity index (χ3n) is 6.06. The van der Waals surface area contributed by atoms with Crippen molar-refractivity contribution in [1.82, 2.24) is 4.98 Å². The highest BCUT2D eigenvalue weighted by Crippen LogP contribution is 2.52. The summed E-state index contributed by atoms with van der Waals surface area (Å²) < 4.78 is 40.5. The number of pyridine rings is 1. The third kappa shape index (κ3) is 4.08. The van der Waals surface area contributed by atoms with Gasteiger partial charge in [-0.3, -0.25) is 4.79 Å². The zero-order valence-corrected chi connectivity index (χ0v) is 18.7. The lowest BCUT2D eigenvalue weighted by atomic mass is 9.94. The van der Waals surface area contributed by atoms with E-state index in [1.165, 1.54) is 55.6 Å². The Morgan fingerprint density at radius 1 is 1.06 bits per heavy atom. The number of esters is 1. The van der Waals surface area contributed by atoms with E-state index in [1.54, 1.807) is 6.07 Å². The van der Waals surface area contributed by atoms with Crippen molar-refractivity contribution in [2.75, 3.05) is 12.4 Å². The fraction of sp³-hybridized carbons (Fsp3) is 0.200. The summed E-state index contributed by atoms with van der Waals surface area (Å²) in [4.78, 5) is 41.4. The van der Waals surface area contributed by atoms with Crippen LogP contribution in [-0.4, -0.2) is 41.3 Å². The first-order valence-corrected chi connectivity index (χ1v) is 10.8. The lowest BCUT2D eigenvalue weighted by Gasteiger charge is -2.17. The molecule has 0 unspecified atom stereocenters. The maximum atomic E-state index is 13.4. The summed E-state index contributed by atoms with van der Waals surface area (Å²) in [7, 11) is 1.20. The van der Waals surface area contributed by atoms with E-state index in [4.69, 9.17) is 4.74 Å². The van der Waals surface area contributed by atoms with Crippen molar-refractivity contribution in [2.24, 2.45) is 0 Å². The minimum absolute atomic E-state index is 0. The number of carboxylic acid groups (broad SMARTS) is 1. The number of rotatable bonds is 6. The maximum absolute atomic E-state index is 13.4. The Balaban J connectivity index is 0.00000320. The predicted molar refractivity (Wildman–Crippen MR) is 122 cm³/mol. The fourth-order valence-electron chi connectivity index (χ4n) is 4.08. The number of alkyl halides is 2. The number of halogens is 2. The third-order valence-corrected chi connectivity index (χ3v) is 6.06. The highest BCUT2D eigenvalue weighted by Gasteiger charge is 2.53. The Labute approximate surface area is 204 Å². The van der Waals surface area contributed by atoms with Crippen LogP contribution in [0.5, 0.6) is 11.5 Å². The highest BCUT2D eigenvalue weighted by molar-refractivity contribution is 6.02. The number of methoxy groups -OCH3 is 1. The minimum Gasteiger partial charge on any atom is -0.478 e. The van der Waals surface area contributed by atoms with Crippen LogP contribution in [0.3, 0.4) is 0 Å². The number of ether oxygens (including phenoxy) is 3. The first kappa shape index (κ1) is 23.2. The summed E-state index contributed by atoms with van der Waals surface area (Å²) in [6.45, 7) is 0. The van der Waals surface area contributed by atoms with Crippen LogP contribution < -0.4 is 14.8 Å². The van der Waals surface area contributed by atoms with Gasteiger partial charge in [0.25, 0.3) is 0 Å². The summed E-state index contributed by atoms with van der Waals surface area (Å²) in [5.74, 6) is -2.42. The number of carbonyl (C=O) groups is 3. The van der Waals surface area contributed by atoms with Crippen LogP contribution in [-0.2, 0) is 14.9 Å². The summed E-state index contributed by atoms with van der Waals surface area (Å²) in [5, 5.41) is 12.0. The number of benzene rings is 2. The number of hydrogen-bond donors (Lipinski definition) is 2. The van der Waals surface area contributed by atoms with Gasteiger partial charge in [0.05, 0.1) is 29.3 Å². The second-order valence-electron chi connectivity index (χ2n) is 8.34. The molecular formula is C25H20F2N2O7. The topological polar surface area (TPSA) is 124 Å². The minimum atomic E-state index is -3.76. The molecule has 0 radical (unpaired) electrons. The quantitative estimate of drug-likeness (QED) is 0.477. The molecule has 9 nitrogen and oxygen atoms in total. The van der Waals surface area contributed by atoms with Crippen molar-refractivity contribution in [3.05, 3.63) is 71.3 Å². The molecule has 1 fully saturated rings. The highest BCUT2D eigenvalue weighted by atomic mass is 19.3. The van der Waals surface area contributed by atoms with Gasteiger partial charge >= 0.3 is 18.2 Å². The van der Waals surface area contributed by atoms with Gasteiger partial charge in [-0.2, -0.15) is 0 Å². The number of nitrogens with zero attached hydrogens (tertiary/aromatic N) is 1. The van der Waals surface area contributed by atoms with Crippen molar-refractivity contribution < 1.29 is 43.9 Å². The fourth-order valence-corrected chi connectivity index (χ4v) is 4.08. The van der Waals surface area contributed by atoms with Crippen LogP contribution in [0.25, 0.3) is 11.3 Å². The van der Waals surface area contributed by atoms with E-state index in [1.807, 2.05) is 0 Å². The molecule has 3 aromatic rings. The zero-order chi connectivity index (χ0) is 25.7. The monoisotopic (exact) mass is 498 g/mol. The lowest BCUT2D eigenvalue weighted by molar-refractivity contribution is -0.286. The van der Waals surface area contributed by atoms with Crippen LogP contribution in [0.2, 0.25) is 0 Å². The first-order valence-electron chi connectivity index (χ1n) is 10.8. The molecule has 0 spiro atoms. The number of fused-ring (bicyclic) bond motifs is 1. The van der Waals surface area contributed by atoms with Gasteiger partial charge in [-0.15, -0.1) is 8.78 Å². The molecule has 1 aliphatic carbocycles. The summed E-state index contributed by atoms with van der Waals surface area (Å²) in [5.41, 5.74) is 0.0472. The number of amides is 1. The van der Waals surface area contributed by atoms with Crippen LogP contribution in [0, 0.1) is 0 Å². The van der Waals surface area contributed by atoms with E-state index in [0.717, 1.165) is 0 Å².